The molecule has 1 aromatic carbocycles. The smallest absolute Gasteiger partial charge is 0.870 e. The van der Waals surface area contributed by atoms with Crippen molar-refractivity contribution in [3.63, 3.8) is 0 Å². The Morgan fingerprint density at radius 2 is 1.89 bits per heavy atom. The van der Waals surface area contributed by atoms with Crippen LogP contribution in [0.4, 0.5) is 5.95 Å². The average molecular weight is 258 g/mol. The van der Waals surface area contributed by atoms with Gasteiger partial charge in [-0.1, -0.05) is 0 Å². The van der Waals surface area contributed by atoms with Gasteiger partial charge in [-0.15, -0.1) is 5.10 Å². The summed E-state index contributed by atoms with van der Waals surface area (Å²) in [6.45, 7) is 2.74. The summed E-state index contributed by atoms with van der Waals surface area (Å²) in [5.41, 5.74) is 6.56. The molecule has 2 aromatic rings. The molecule has 2 rings (SSSR count). The van der Waals surface area contributed by atoms with Crippen molar-refractivity contribution in [3.05, 3.63) is 24.3 Å². The predicted molar refractivity (Wildman–Crippen MR) is 64.0 cm³/mol. The average Bonchev–Trinajstić information content (AvgIpc) is 2.70. The molecule has 0 aliphatic heterocycles. The zero-order valence-corrected chi connectivity index (χ0v) is 12.8. The maximum atomic E-state index is 5.58. The molecule has 0 aliphatic rings. The van der Waals surface area contributed by atoms with Gasteiger partial charge in [0.1, 0.15) is 5.75 Å². The maximum absolute atomic E-state index is 5.58. The third kappa shape index (κ3) is 3.46. The molecular weight excluding hydrogens is 243 g/mol. The van der Waals surface area contributed by atoms with E-state index in [9.17, 15) is 0 Å². The first kappa shape index (κ1) is 16.9. The number of hydrogen-bond donors (Lipinski definition) is 1. The van der Waals surface area contributed by atoms with Crippen LogP contribution in [0.25, 0.3) is 11.4 Å². The van der Waals surface area contributed by atoms with E-state index in [-0.39, 0.29) is 35.0 Å². The van der Waals surface area contributed by atoms with Crippen LogP contribution in [-0.2, 0) is 6.54 Å². The van der Waals surface area contributed by atoms with Crippen molar-refractivity contribution in [1.82, 2.24) is 14.8 Å². The summed E-state index contributed by atoms with van der Waals surface area (Å²) in [4.78, 5) is 4.20. The molecule has 0 saturated carbocycles. The van der Waals surface area contributed by atoms with Gasteiger partial charge in [0.2, 0.25) is 5.95 Å². The van der Waals surface area contributed by atoms with Crippen LogP contribution in [0, 0.1) is 0 Å². The van der Waals surface area contributed by atoms with Crippen LogP contribution in [0.2, 0.25) is 0 Å². The quantitative estimate of drug-likeness (QED) is 0.668. The molecule has 0 atom stereocenters. The fourth-order valence-corrected chi connectivity index (χ4v) is 1.53. The van der Waals surface area contributed by atoms with Gasteiger partial charge in [0, 0.05) is 12.1 Å². The molecule has 0 spiro atoms. The molecule has 1 heterocycles. The molecule has 0 amide bonds. The van der Waals surface area contributed by atoms with E-state index < -0.39 is 0 Å². The molecule has 92 valence electrons. The molecular formula is C11H15N4NaO2. The van der Waals surface area contributed by atoms with Crippen molar-refractivity contribution in [1.29, 1.82) is 0 Å². The molecule has 18 heavy (non-hydrogen) atoms. The van der Waals surface area contributed by atoms with E-state index in [0.29, 0.717) is 5.95 Å². The number of rotatable bonds is 3. The summed E-state index contributed by atoms with van der Waals surface area (Å²) in [5, 5.41) is 4.10. The second-order valence-electron chi connectivity index (χ2n) is 3.34. The third-order valence-electron chi connectivity index (χ3n) is 2.34. The third-order valence-corrected chi connectivity index (χ3v) is 2.34. The maximum Gasteiger partial charge on any atom is 1.00 e. The van der Waals surface area contributed by atoms with Crippen LogP contribution in [0.3, 0.4) is 0 Å². The zero-order valence-electron chi connectivity index (χ0n) is 10.8. The van der Waals surface area contributed by atoms with E-state index in [2.05, 4.69) is 10.1 Å². The summed E-state index contributed by atoms with van der Waals surface area (Å²) in [5.74, 6) is 1.90. The molecule has 0 aliphatic carbocycles. The molecule has 3 N–H and O–H groups in total. The van der Waals surface area contributed by atoms with Gasteiger partial charge in [0.05, 0.1) is 7.11 Å². The topological polar surface area (TPSA) is 96.0 Å². The van der Waals surface area contributed by atoms with E-state index in [4.69, 9.17) is 10.5 Å². The predicted octanol–water partition coefficient (Wildman–Crippen LogP) is -1.62. The molecule has 0 radical (unpaired) electrons. The Kier molecular flexibility index (Phi) is 6.93. The van der Waals surface area contributed by atoms with Crippen molar-refractivity contribution in [2.75, 3.05) is 12.8 Å². The number of nitrogens with two attached hydrogens (primary N) is 1. The second kappa shape index (κ2) is 7.38. The molecule has 0 saturated heterocycles. The summed E-state index contributed by atoms with van der Waals surface area (Å²) in [6.07, 6.45) is 0. The number of anilines is 1. The molecule has 0 fully saturated rings. The first-order valence-electron chi connectivity index (χ1n) is 5.09. The van der Waals surface area contributed by atoms with E-state index in [1.165, 1.54) is 0 Å². The number of nitrogens with zero attached hydrogens (tertiary/aromatic N) is 3. The minimum Gasteiger partial charge on any atom is -0.870 e. The van der Waals surface area contributed by atoms with Crippen molar-refractivity contribution < 1.29 is 39.8 Å². The second-order valence-corrected chi connectivity index (χ2v) is 3.34. The Morgan fingerprint density at radius 1 is 1.28 bits per heavy atom. The van der Waals surface area contributed by atoms with Gasteiger partial charge in [-0.25, -0.2) is 4.68 Å². The normalized spacial score (nSPS) is 9.22. The number of methoxy groups -OCH3 is 1. The van der Waals surface area contributed by atoms with Gasteiger partial charge in [-0.3, -0.25) is 0 Å². The Labute approximate surface area is 128 Å². The molecule has 1 aromatic heterocycles. The van der Waals surface area contributed by atoms with Gasteiger partial charge in [0.25, 0.3) is 0 Å². The van der Waals surface area contributed by atoms with Crippen LogP contribution >= 0.6 is 0 Å². The van der Waals surface area contributed by atoms with Gasteiger partial charge >= 0.3 is 29.6 Å². The Hall–Kier alpha value is -1.08. The molecule has 0 bridgehead atoms. The number of hydrogen-bond acceptors (Lipinski definition) is 5. The van der Waals surface area contributed by atoms with Gasteiger partial charge in [0.15, 0.2) is 5.82 Å². The first-order valence-corrected chi connectivity index (χ1v) is 5.09. The van der Waals surface area contributed by atoms with Crippen molar-refractivity contribution in [2.24, 2.45) is 0 Å². The minimum absolute atomic E-state index is 0. The summed E-state index contributed by atoms with van der Waals surface area (Å²) < 4.78 is 6.87. The number of benzene rings is 1. The van der Waals surface area contributed by atoms with Crippen LogP contribution in [0.5, 0.6) is 5.75 Å². The van der Waals surface area contributed by atoms with E-state index in [1.807, 2.05) is 31.2 Å². The number of ether oxygens (including phenoxy) is 1. The number of aryl methyl sites for hydroxylation is 1. The zero-order chi connectivity index (χ0) is 11.5. The summed E-state index contributed by atoms with van der Waals surface area (Å²) in [6, 6.07) is 7.66. The van der Waals surface area contributed by atoms with Crippen LogP contribution < -0.4 is 40.0 Å². The first-order chi connectivity index (χ1) is 7.74. The Balaban J connectivity index is 0.00000144. The molecule has 0 unspecified atom stereocenters. The summed E-state index contributed by atoms with van der Waals surface area (Å²) >= 11 is 0. The molecule has 7 heteroatoms. The number of nitrogen functional groups attached to an aromatic ring is 1. The Bertz CT molecular complexity index is 484. The van der Waals surface area contributed by atoms with Gasteiger partial charge in [-0.2, -0.15) is 4.98 Å². The van der Waals surface area contributed by atoms with Crippen LogP contribution in [-0.4, -0.2) is 27.4 Å². The molecule has 6 nitrogen and oxygen atoms in total. The minimum atomic E-state index is 0. The fourth-order valence-electron chi connectivity index (χ4n) is 1.53. The van der Waals surface area contributed by atoms with Gasteiger partial charge < -0.3 is 15.9 Å². The summed E-state index contributed by atoms with van der Waals surface area (Å²) in [7, 11) is 1.64. The van der Waals surface area contributed by atoms with Crippen molar-refractivity contribution >= 4 is 5.95 Å². The van der Waals surface area contributed by atoms with E-state index in [0.717, 1.165) is 23.7 Å². The SMILES string of the molecule is CCn1nc(N)nc1-c1ccc(OC)cc1.[Na+].[OH-]. The Morgan fingerprint density at radius 3 is 2.39 bits per heavy atom. The standard InChI is InChI=1S/C11H14N4O.Na.H2O/c1-3-15-10(13-11(12)14-15)8-4-6-9(16-2)7-5-8;;/h4-7H,3H2,1-2H3,(H2,12,14);;1H2/q;+1;/p-1. The number of aromatic nitrogens is 3. The van der Waals surface area contributed by atoms with Crippen molar-refractivity contribution in [3.8, 4) is 17.1 Å². The van der Waals surface area contributed by atoms with Crippen molar-refractivity contribution in [2.45, 2.75) is 13.5 Å². The van der Waals surface area contributed by atoms with Crippen LogP contribution in [0.1, 0.15) is 6.92 Å². The van der Waals surface area contributed by atoms with E-state index >= 15 is 0 Å². The van der Waals surface area contributed by atoms with Gasteiger partial charge in [-0.05, 0) is 31.2 Å². The monoisotopic (exact) mass is 258 g/mol. The fraction of sp³-hybridized carbons (Fsp3) is 0.273. The van der Waals surface area contributed by atoms with Crippen LogP contribution in [0.15, 0.2) is 24.3 Å². The largest absolute Gasteiger partial charge is 1.00 e. The van der Waals surface area contributed by atoms with E-state index in [1.54, 1.807) is 11.8 Å².